The molecule has 1 heterocycles. The number of nitrogens with zero attached hydrogens (tertiary/aromatic N) is 3. The SMILES string of the molecule is CSC(=S)/N=c1/nc(SC)n(-c2c(C)cccc2C)s1. The molecule has 0 unspecified atom stereocenters. The quantitative estimate of drug-likeness (QED) is 0.613. The van der Waals surface area contributed by atoms with Crippen molar-refractivity contribution in [1.29, 1.82) is 0 Å². The maximum atomic E-state index is 5.14. The molecule has 0 radical (unpaired) electrons. The number of hydrogen-bond donors (Lipinski definition) is 0. The number of hydrogen-bond acceptors (Lipinski definition) is 5. The van der Waals surface area contributed by atoms with Gasteiger partial charge in [-0.3, -0.25) is 0 Å². The number of aryl methyl sites for hydroxylation is 2. The van der Waals surface area contributed by atoms with Crippen molar-refractivity contribution in [3.05, 3.63) is 34.1 Å². The standard InChI is InChI=1S/C13H15N3S4/c1-8-6-5-7-9(2)10(8)16-12(18-3)14-11(20-16)15-13(17)19-4/h5-7H,1-4H3/b15-11-. The second-order valence-electron chi connectivity index (χ2n) is 4.09. The van der Waals surface area contributed by atoms with Crippen LogP contribution in [0.2, 0.25) is 0 Å². The van der Waals surface area contributed by atoms with Gasteiger partial charge in [-0.05, 0) is 49.0 Å². The van der Waals surface area contributed by atoms with E-state index in [1.165, 1.54) is 40.1 Å². The first-order chi connectivity index (χ1) is 9.56. The second kappa shape index (κ2) is 6.89. The molecule has 1 aromatic heterocycles. The molecular weight excluding hydrogens is 326 g/mol. The number of para-hydroxylation sites is 1. The molecule has 1 aromatic carbocycles. The van der Waals surface area contributed by atoms with E-state index < -0.39 is 0 Å². The predicted molar refractivity (Wildman–Crippen MR) is 94.4 cm³/mol. The van der Waals surface area contributed by atoms with Gasteiger partial charge < -0.3 is 0 Å². The Balaban J connectivity index is 2.63. The number of thiocarbonyl (C=S) groups is 1. The highest BCUT2D eigenvalue weighted by Gasteiger charge is 2.12. The molecule has 106 valence electrons. The van der Waals surface area contributed by atoms with Gasteiger partial charge in [-0.15, -0.1) is 0 Å². The first-order valence-electron chi connectivity index (χ1n) is 5.90. The van der Waals surface area contributed by atoms with Crippen LogP contribution in [0.25, 0.3) is 5.69 Å². The third kappa shape index (κ3) is 3.33. The van der Waals surface area contributed by atoms with Crippen molar-refractivity contribution in [3.8, 4) is 5.69 Å². The average molecular weight is 342 g/mol. The van der Waals surface area contributed by atoms with Crippen LogP contribution in [0.5, 0.6) is 0 Å². The number of rotatable bonds is 2. The van der Waals surface area contributed by atoms with Crippen molar-refractivity contribution in [2.24, 2.45) is 4.99 Å². The number of aromatic nitrogens is 2. The summed E-state index contributed by atoms with van der Waals surface area (Å²) in [6.45, 7) is 4.23. The topological polar surface area (TPSA) is 30.2 Å². The zero-order chi connectivity index (χ0) is 14.7. The zero-order valence-corrected chi connectivity index (χ0v) is 15.0. The molecule has 0 aliphatic carbocycles. The van der Waals surface area contributed by atoms with Crippen LogP contribution >= 0.6 is 47.3 Å². The number of benzene rings is 1. The maximum absolute atomic E-state index is 5.14. The minimum Gasteiger partial charge on any atom is -0.240 e. The van der Waals surface area contributed by atoms with Gasteiger partial charge in [-0.2, -0.15) is 9.98 Å². The van der Waals surface area contributed by atoms with E-state index in [4.69, 9.17) is 12.2 Å². The van der Waals surface area contributed by atoms with Crippen LogP contribution in [0.4, 0.5) is 0 Å². The minimum atomic E-state index is 0.611. The Labute approximate surface area is 136 Å². The molecule has 2 rings (SSSR count). The van der Waals surface area contributed by atoms with E-state index in [-0.39, 0.29) is 0 Å². The average Bonchev–Trinajstić information content (AvgIpc) is 2.81. The van der Waals surface area contributed by atoms with Crippen molar-refractivity contribution in [1.82, 2.24) is 8.94 Å². The molecule has 20 heavy (non-hydrogen) atoms. The van der Waals surface area contributed by atoms with Crippen LogP contribution in [0.15, 0.2) is 28.3 Å². The summed E-state index contributed by atoms with van der Waals surface area (Å²) >= 11 is 9.74. The molecule has 0 saturated carbocycles. The highest BCUT2D eigenvalue weighted by molar-refractivity contribution is 8.22. The summed E-state index contributed by atoms with van der Waals surface area (Å²) in [6.07, 6.45) is 3.95. The van der Waals surface area contributed by atoms with Gasteiger partial charge in [0.1, 0.15) is 0 Å². The first kappa shape index (κ1) is 15.8. The Kier molecular flexibility index (Phi) is 5.42. The summed E-state index contributed by atoms with van der Waals surface area (Å²) in [4.78, 5) is 9.62. The Bertz CT molecular complexity index is 680. The monoisotopic (exact) mass is 341 g/mol. The highest BCUT2D eigenvalue weighted by atomic mass is 32.2. The van der Waals surface area contributed by atoms with Gasteiger partial charge in [-0.1, -0.05) is 53.9 Å². The fourth-order valence-corrected chi connectivity index (χ4v) is 3.96. The third-order valence-corrected chi connectivity index (χ3v) is 5.40. The van der Waals surface area contributed by atoms with Gasteiger partial charge in [0.05, 0.1) is 5.69 Å². The van der Waals surface area contributed by atoms with Crippen molar-refractivity contribution < 1.29 is 0 Å². The summed E-state index contributed by atoms with van der Waals surface area (Å²) in [5.74, 6) is 0. The summed E-state index contributed by atoms with van der Waals surface area (Å²) < 4.78 is 2.75. The van der Waals surface area contributed by atoms with Gasteiger partial charge in [-0.25, -0.2) is 3.96 Å². The summed E-state index contributed by atoms with van der Waals surface area (Å²) in [5.41, 5.74) is 3.65. The molecule has 0 N–H and O–H groups in total. The van der Waals surface area contributed by atoms with E-state index in [0.29, 0.717) is 9.12 Å². The van der Waals surface area contributed by atoms with Crippen LogP contribution in [-0.4, -0.2) is 25.8 Å². The Morgan fingerprint density at radius 2 is 1.95 bits per heavy atom. The molecule has 0 bridgehead atoms. The van der Waals surface area contributed by atoms with Crippen LogP contribution in [-0.2, 0) is 0 Å². The number of thioether (sulfide) groups is 2. The first-order valence-corrected chi connectivity index (χ1v) is 9.53. The van der Waals surface area contributed by atoms with Crippen molar-refractivity contribution >= 4 is 51.6 Å². The Morgan fingerprint density at radius 1 is 1.30 bits per heavy atom. The van der Waals surface area contributed by atoms with Gasteiger partial charge in [0.25, 0.3) is 0 Å². The lowest BCUT2D eigenvalue weighted by Gasteiger charge is -2.10. The highest BCUT2D eigenvalue weighted by Crippen LogP contribution is 2.25. The molecule has 2 aromatic rings. The summed E-state index contributed by atoms with van der Waals surface area (Å²) in [5, 5.41) is 0.940. The zero-order valence-electron chi connectivity index (χ0n) is 11.7. The van der Waals surface area contributed by atoms with Gasteiger partial charge in [0.2, 0.25) is 4.80 Å². The molecule has 0 atom stereocenters. The van der Waals surface area contributed by atoms with E-state index >= 15 is 0 Å². The molecule has 3 nitrogen and oxygen atoms in total. The molecule has 0 saturated heterocycles. The van der Waals surface area contributed by atoms with Crippen LogP contribution < -0.4 is 4.80 Å². The largest absolute Gasteiger partial charge is 0.240 e. The third-order valence-electron chi connectivity index (χ3n) is 2.72. The fourth-order valence-electron chi connectivity index (χ4n) is 1.83. The Hall–Kier alpha value is -0.630. The van der Waals surface area contributed by atoms with E-state index in [1.807, 2.05) is 12.5 Å². The van der Waals surface area contributed by atoms with Crippen molar-refractivity contribution in [2.75, 3.05) is 12.5 Å². The van der Waals surface area contributed by atoms with Crippen molar-refractivity contribution in [2.45, 2.75) is 19.0 Å². The molecule has 0 aliphatic heterocycles. The second-order valence-corrected chi connectivity index (χ2v) is 7.22. The molecular formula is C13H15N3S4. The van der Waals surface area contributed by atoms with Crippen LogP contribution in [0.3, 0.4) is 0 Å². The van der Waals surface area contributed by atoms with E-state index in [1.54, 1.807) is 11.8 Å². The maximum Gasteiger partial charge on any atom is 0.230 e. The normalized spacial score (nSPS) is 11.9. The lowest BCUT2D eigenvalue weighted by molar-refractivity contribution is 0.918. The lowest BCUT2D eigenvalue weighted by Crippen LogP contribution is -2.00. The van der Waals surface area contributed by atoms with E-state index in [0.717, 1.165) is 5.16 Å². The Morgan fingerprint density at radius 3 is 2.50 bits per heavy atom. The van der Waals surface area contributed by atoms with Crippen LogP contribution in [0, 0.1) is 13.8 Å². The lowest BCUT2D eigenvalue weighted by atomic mass is 10.1. The summed E-state index contributed by atoms with van der Waals surface area (Å²) in [7, 11) is 0. The van der Waals surface area contributed by atoms with Gasteiger partial charge >= 0.3 is 0 Å². The molecule has 0 amide bonds. The van der Waals surface area contributed by atoms with Gasteiger partial charge in [0, 0.05) is 0 Å². The van der Waals surface area contributed by atoms with E-state index in [9.17, 15) is 0 Å². The minimum absolute atomic E-state index is 0.611. The molecule has 0 fully saturated rings. The molecule has 7 heteroatoms. The molecule has 0 aliphatic rings. The van der Waals surface area contributed by atoms with Crippen molar-refractivity contribution in [3.63, 3.8) is 0 Å². The summed E-state index contributed by atoms with van der Waals surface area (Å²) in [6, 6.07) is 6.30. The van der Waals surface area contributed by atoms with Crippen LogP contribution in [0.1, 0.15) is 11.1 Å². The smallest absolute Gasteiger partial charge is 0.230 e. The van der Waals surface area contributed by atoms with Gasteiger partial charge in [0.15, 0.2) is 9.48 Å². The predicted octanol–water partition coefficient (Wildman–Crippen LogP) is 3.82. The molecule has 0 spiro atoms. The van der Waals surface area contributed by atoms with E-state index in [2.05, 4.69) is 46.0 Å². The fraction of sp³-hybridized carbons (Fsp3) is 0.308.